The van der Waals surface area contributed by atoms with Crippen LogP contribution in [0.1, 0.15) is 24.1 Å². The summed E-state index contributed by atoms with van der Waals surface area (Å²) in [5.41, 5.74) is 2.08. The number of unbranched alkanes of at least 4 members (excludes halogenated alkanes) is 1. The molecule has 0 saturated heterocycles. The van der Waals surface area contributed by atoms with E-state index < -0.39 is 0 Å². The van der Waals surface area contributed by atoms with Gasteiger partial charge in [0.25, 0.3) is 0 Å². The van der Waals surface area contributed by atoms with Gasteiger partial charge >= 0.3 is 0 Å². The van der Waals surface area contributed by atoms with Crippen LogP contribution >= 0.6 is 11.6 Å². The van der Waals surface area contributed by atoms with Crippen molar-refractivity contribution in [2.75, 3.05) is 0 Å². The molecule has 70 valence electrons. The van der Waals surface area contributed by atoms with Crippen LogP contribution < -0.4 is 0 Å². The van der Waals surface area contributed by atoms with Gasteiger partial charge in [-0.25, -0.2) is 4.98 Å². The molecule has 0 unspecified atom stereocenters. The minimum absolute atomic E-state index is 0.529. The Kier molecular flexibility index (Phi) is 3.90. The number of hydrogen-bond acceptors (Lipinski definition) is 2. The molecule has 0 spiro atoms. The average molecular weight is 198 g/mol. The number of halogens is 1. The van der Waals surface area contributed by atoms with Crippen molar-refractivity contribution in [2.24, 2.45) is 0 Å². The predicted octanol–water partition coefficient (Wildman–Crippen LogP) is 2.57. The Balaban J connectivity index is 2.60. The van der Waals surface area contributed by atoms with Gasteiger partial charge in [-0.3, -0.25) is 0 Å². The molecule has 0 saturated carbocycles. The zero-order valence-electron chi connectivity index (χ0n) is 7.59. The van der Waals surface area contributed by atoms with E-state index in [2.05, 4.69) is 4.98 Å². The fourth-order valence-corrected chi connectivity index (χ4v) is 1.50. The smallest absolute Gasteiger partial charge is 0.129 e. The molecule has 0 amide bonds. The first-order valence-corrected chi connectivity index (χ1v) is 4.67. The molecule has 0 aliphatic heterocycles. The molecular weight excluding hydrogens is 186 g/mol. The summed E-state index contributed by atoms with van der Waals surface area (Å²) in [5.74, 6) is 0. The number of carbonyl (C=O) groups excluding carboxylic acids is 1. The summed E-state index contributed by atoms with van der Waals surface area (Å²) in [6.45, 7) is 1.91. The van der Waals surface area contributed by atoms with E-state index in [-0.39, 0.29) is 0 Å². The lowest BCUT2D eigenvalue weighted by molar-refractivity contribution is -0.107. The van der Waals surface area contributed by atoms with Gasteiger partial charge in [0, 0.05) is 12.1 Å². The molecule has 3 heteroatoms. The third-order valence-electron chi connectivity index (χ3n) is 1.77. The molecular formula is C10H12ClNO. The van der Waals surface area contributed by atoms with E-state index in [1.807, 2.05) is 19.1 Å². The quantitative estimate of drug-likeness (QED) is 0.422. The molecule has 0 aliphatic rings. The topological polar surface area (TPSA) is 30.0 Å². The van der Waals surface area contributed by atoms with Crippen molar-refractivity contribution in [3.8, 4) is 0 Å². The first-order valence-electron chi connectivity index (χ1n) is 4.29. The molecule has 0 N–H and O–H groups in total. The fourth-order valence-electron chi connectivity index (χ4n) is 1.23. The number of nitrogens with zero attached hydrogens (tertiary/aromatic N) is 1. The number of aromatic nitrogens is 1. The molecule has 0 bridgehead atoms. The highest BCUT2D eigenvalue weighted by Crippen LogP contribution is 2.12. The van der Waals surface area contributed by atoms with Crippen LogP contribution in [0.3, 0.4) is 0 Å². The lowest BCUT2D eigenvalue weighted by Gasteiger charge is -2.01. The molecule has 0 aliphatic carbocycles. The minimum atomic E-state index is 0.529. The Morgan fingerprint density at radius 2 is 2.31 bits per heavy atom. The fraction of sp³-hybridized carbons (Fsp3) is 0.400. The Morgan fingerprint density at radius 3 is 2.92 bits per heavy atom. The Bertz CT molecular complexity index is 279. The SMILES string of the molecule is Cc1cc(CCCC=O)cc(Cl)n1. The number of aryl methyl sites for hydroxylation is 2. The zero-order chi connectivity index (χ0) is 9.68. The number of pyridine rings is 1. The summed E-state index contributed by atoms with van der Waals surface area (Å²) in [7, 11) is 0. The summed E-state index contributed by atoms with van der Waals surface area (Å²) >= 11 is 5.78. The highest BCUT2D eigenvalue weighted by atomic mass is 35.5. The molecule has 1 heterocycles. The summed E-state index contributed by atoms with van der Waals surface area (Å²) in [4.78, 5) is 14.1. The first-order chi connectivity index (χ1) is 6.22. The van der Waals surface area contributed by atoms with Gasteiger partial charge in [0.1, 0.15) is 11.4 Å². The van der Waals surface area contributed by atoms with E-state index >= 15 is 0 Å². The molecule has 0 fully saturated rings. The largest absolute Gasteiger partial charge is 0.303 e. The number of rotatable bonds is 4. The molecule has 13 heavy (non-hydrogen) atoms. The molecule has 2 nitrogen and oxygen atoms in total. The van der Waals surface area contributed by atoms with Crippen LogP contribution in [-0.2, 0) is 11.2 Å². The minimum Gasteiger partial charge on any atom is -0.303 e. The zero-order valence-corrected chi connectivity index (χ0v) is 8.34. The van der Waals surface area contributed by atoms with Gasteiger partial charge in [0.15, 0.2) is 0 Å². The first kappa shape index (κ1) is 10.2. The third-order valence-corrected chi connectivity index (χ3v) is 1.96. The van der Waals surface area contributed by atoms with Gasteiger partial charge < -0.3 is 4.79 Å². The van der Waals surface area contributed by atoms with Crippen molar-refractivity contribution in [3.05, 3.63) is 28.5 Å². The average Bonchev–Trinajstić information content (AvgIpc) is 2.03. The summed E-state index contributed by atoms with van der Waals surface area (Å²) in [6, 6.07) is 3.84. The summed E-state index contributed by atoms with van der Waals surface area (Å²) in [5, 5.41) is 0.529. The predicted molar refractivity (Wildman–Crippen MR) is 53.0 cm³/mol. The molecule has 0 radical (unpaired) electrons. The Morgan fingerprint density at radius 1 is 1.54 bits per heavy atom. The third kappa shape index (κ3) is 3.55. The highest BCUT2D eigenvalue weighted by molar-refractivity contribution is 6.29. The van der Waals surface area contributed by atoms with Crippen LogP contribution in [0.15, 0.2) is 12.1 Å². The van der Waals surface area contributed by atoms with Crippen LogP contribution in [0.25, 0.3) is 0 Å². The van der Waals surface area contributed by atoms with Crippen LogP contribution in [0.2, 0.25) is 5.15 Å². The van der Waals surface area contributed by atoms with E-state index in [9.17, 15) is 4.79 Å². The normalized spacial score (nSPS) is 10.0. The molecule has 0 aromatic carbocycles. The number of hydrogen-bond donors (Lipinski definition) is 0. The lowest BCUT2D eigenvalue weighted by Crippen LogP contribution is -1.90. The molecule has 0 atom stereocenters. The molecule has 1 aromatic heterocycles. The Labute approximate surface area is 82.9 Å². The van der Waals surface area contributed by atoms with Crippen molar-refractivity contribution in [1.29, 1.82) is 0 Å². The second kappa shape index (κ2) is 4.97. The second-order valence-corrected chi connectivity index (χ2v) is 3.39. The van der Waals surface area contributed by atoms with Crippen molar-refractivity contribution in [3.63, 3.8) is 0 Å². The van der Waals surface area contributed by atoms with Crippen molar-refractivity contribution >= 4 is 17.9 Å². The highest BCUT2D eigenvalue weighted by Gasteiger charge is 1.97. The number of carbonyl (C=O) groups is 1. The maximum Gasteiger partial charge on any atom is 0.129 e. The van der Waals surface area contributed by atoms with E-state index in [1.54, 1.807) is 0 Å². The van der Waals surface area contributed by atoms with E-state index in [0.717, 1.165) is 30.4 Å². The van der Waals surface area contributed by atoms with Gasteiger partial charge in [-0.05, 0) is 37.5 Å². The summed E-state index contributed by atoms with van der Waals surface area (Å²) < 4.78 is 0. The Hall–Kier alpha value is -0.890. The standard InChI is InChI=1S/C10H12ClNO/c1-8-6-9(4-2-3-5-13)7-10(11)12-8/h5-7H,2-4H2,1H3. The van der Waals surface area contributed by atoms with E-state index in [4.69, 9.17) is 11.6 Å². The van der Waals surface area contributed by atoms with Crippen molar-refractivity contribution < 1.29 is 4.79 Å². The van der Waals surface area contributed by atoms with Crippen molar-refractivity contribution in [2.45, 2.75) is 26.2 Å². The van der Waals surface area contributed by atoms with Gasteiger partial charge in [-0.1, -0.05) is 11.6 Å². The van der Waals surface area contributed by atoms with Crippen LogP contribution in [-0.4, -0.2) is 11.3 Å². The van der Waals surface area contributed by atoms with Gasteiger partial charge in [-0.2, -0.15) is 0 Å². The molecule has 1 rings (SSSR count). The van der Waals surface area contributed by atoms with Crippen molar-refractivity contribution in [1.82, 2.24) is 4.98 Å². The van der Waals surface area contributed by atoms with Crippen LogP contribution in [0, 0.1) is 6.92 Å². The molecule has 1 aromatic rings. The lowest BCUT2D eigenvalue weighted by atomic mass is 10.1. The van der Waals surface area contributed by atoms with Gasteiger partial charge in [0.05, 0.1) is 0 Å². The maximum atomic E-state index is 10.1. The van der Waals surface area contributed by atoms with Gasteiger partial charge in [-0.15, -0.1) is 0 Å². The maximum absolute atomic E-state index is 10.1. The van der Waals surface area contributed by atoms with Crippen LogP contribution in [0.5, 0.6) is 0 Å². The summed E-state index contributed by atoms with van der Waals surface area (Å²) in [6.07, 6.45) is 3.32. The van der Waals surface area contributed by atoms with Gasteiger partial charge in [0.2, 0.25) is 0 Å². The van der Waals surface area contributed by atoms with E-state index in [1.165, 1.54) is 0 Å². The second-order valence-electron chi connectivity index (χ2n) is 3.00. The van der Waals surface area contributed by atoms with E-state index in [0.29, 0.717) is 11.6 Å². The van der Waals surface area contributed by atoms with Crippen LogP contribution in [0.4, 0.5) is 0 Å². The monoisotopic (exact) mass is 197 g/mol. The number of aldehydes is 1.